The summed E-state index contributed by atoms with van der Waals surface area (Å²) < 4.78 is 1.73. The second-order valence-electron chi connectivity index (χ2n) is 6.05. The molecule has 4 rings (SSSR count). The summed E-state index contributed by atoms with van der Waals surface area (Å²) in [6.07, 6.45) is 4.39. The molecule has 1 fully saturated rings. The normalized spacial score (nSPS) is 17.3. The number of nitrogens with zero attached hydrogens (tertiary/aromatic N) is 4. The zero-order valence-corrected chi connectivity index (χ0v) is 13.4. The van der Waals surface area contributed by atoms with Crippen LogP contribution in [0.2, 0.25) is 0 Å². The van der Waals surface area contributed by atoms with Crippen LogP contribution in [0.4, 0.5) is 5.82 Å². The van der Waals surface area contributed by atoms with Crippen molar-refractivity contribution in [3.8, 4) is 11.3 Å². The van der Waals surface area contributed by atoms with Gasteiger partial charge in [0.1, 0.15) is 5.82 Å². The molecule has 0 saturated carbocycles. The SMILES string of the molecule is Cn1nncc1-c1ccc2cnc(NC(=O)C3CCNC3)cc2c1. The van der Waals surface area contributed by atoms with Crippen molar-refractivity contribution in [3.05, 3.63) is 36.7 Å². The van der Waals surface area contributed by atoms with Gasteiger partial charge >= 0.3 is 0 Å². The molecule has 0 radical (unpaired) electrons. The van der Waals surface area contributed by atoms with Gasteiger partial charge in [0.25, 0.3) is 0 Å². The van der Waals surface area contributed by atoms with Gasteiger partial charge in [0.05, 0.1) is 17.8 Å². The number of carbonyl (C=O) groups is 1. The number of nitrogens with one attached hydrogen (secondary N) is 2. The summed E-state index contributed by atoms with van der Waals surface area (Å²) >= 11 is 0. The molecule has 0 aliphatic carbocycles. The number of aromatic nitrogens is 4. The fourth-order valence-electron chi connectivity index (χ4n) is 3.03. The number of fused-ring (bicyclic) bond motifs is 1. The molecular formula is C17H18N6O. The van der Waals surface area contributed by atoms with Gasteiger partial charge in [-0.15, -0.1) is 5.10 Å². The summed E-state index contributed by atoms with van der Waals surface area (Å²) in [4.78, 5) is 16.6. The van der Waals surface area contributed by atoms with E-state index in [0.717, 1.165) is 41.5 Å². The molecule has 7 heteroatoms. The molecule has 0 spiro atoms. The summed E-state index contributed by atoms with van der Waals surface area (Å²) in [6.45, 7) is 1.63. The predicted octanol–water partition coefficient (Wildman–Crippen LogP) is 1.58. The number of hydrogen-bond acceptors (Lipinski definition) is 5. The Morgan fingerprint density at radius 2 is 2.21 bits per heavy atom. The Hall–Kier alpha value is -2.80. The fourth-order valence-corrected chi connectivity index (χ4v) is 3.03. The van der Waals surface area contributed by atoms with E-state index in [1.165, 1.54) is 0 Å². The van der Waals surface area contributed by atoms with Crippen LogP contribution in [0.3, 0.4) is 0 Å². The third kappa shape index (κ3) is 2.74. The molecule has 1 saturated heterocycles. The first-order valence-electron chi connectivity index (χ1n) is 7.97. The first kappa shape index (κ1) is 14.8. The monoisotopic (exact) mass is 322 g/mol. The molecule has 1 atom stereocenters. The van der Waals surface area contributed by atoms with E-state index >= 15 is 0 Å². The number of benzene rings is 1. The van der Waals surface area contributed by atoms with Crippen molar-refractivity contribution in [2.75, 3.05) is 18.4 Å². The maximum atomic E-state index is 12.2. The van der Waals surface area contributed by atoms with E-state index in [2.05, 4.69) is 32.0 Å². The molecule has 24 heavy (non-hydrogen) atoms. The number of amides is 1. The van der Waals surface area contributed by atoms with Crippen LogP contribution in [0.1, 0.15) is 6.42 Å². The van der Waals surface area contributed by atoms with Crippen molar-refractivity contribution in [2.24, 2.45) is 13.0 Å². The summed E-state index contributed by atoms with van der Waals surface area (Å²) in [6, 6.07) is 7.99. The van der Waals surface area contributed by atoms with Crippen molar-refractivity contribution >= 4 is 22.5 Å². The average molecular weight is 322 g/mol. The Morgan fingerprint density at radius 1 is 1.29 bits per heavy atom. The number of anilines is 1. The largest absolute Gasteiger partial charge is 0.316 e. The Labute approximate surface area is 139 Å². The smallest absolute Gasteiger partial charge is 0.229 e. The molecule has 3 aromatic rings. The van der Waals surface area contributed by atoms with Crippen LogP contribution < -0.4 is 10.6 Å². The van der Waals surface area contributed by atoms with E-state index in [4.69, 9.17) is 0 Å². The minimum atomic E-state index is 0.0225. The Bertz CT molecular complexity index is 897. The minimum Gasteiger partial charge on any atom is -0.316 e. The lowest BCUT2D eigenvalue weighted by Gasteiger charge is -2.10. The van der Waals surface area contributed by atoms with E-state index in [9.17, 15) is 4.79 Å². The Balaban J connectivity index is 1.64. The van der Waals surface area contributed by atoms with Crippen molar-refractivity contribution in [1.29, 1.82) is 0 Å². The van der Waals surface area contributed by atoms with Crippen LogP contribution >= 0.6 is 0 Å². The zero-order chi connectivity index (χ0) is 16.5. The molecule has 1 amide bonds. The highest BCUT2D eigenvalue weighted by Crippen LogP contribution is 2.25. The zero-order valence-electron chi connectivity index (χ0n) is 13.4. The first-order chi connectivity index (χ1) is 11.7. The van der Waals surface area contributed by atoms with E-state index in [0.29, 0.717) is 5.82 Å². The topological polar surface area (TPSA) is 84.7 Å². The lowest BCUT2D eigenvalue weighted by molar-refractivity contribution is -0.119. The van der Waals surface area contributed by atoms with Crippen LogP contribution in [0, 0.1) is 5.92 Å². The summed E-state index contributed by atoms with van der Waals surface area (Å²) in [5, 5.41) is 16.0. The highest BCUT2D eigenvalue weighted by atomic mass is 16.2. The maximum absolute atomic E-state index is 12.2. The standard InChI is InChI=1S/C17H18N6O/c1-23-15(10-20-22-23)11-2-3-12-9-19-16(7-14(12)6-11)21-17(24)13-4-5-18-8-13/h2-3,6-7,9-10,13,18H,4-5,8H2,1H3,(H,19,21,24). The number of carbonyl (C=O) groups excluding carboxylic acids is 1. The van der Waals surface area contributed by atoms with Gasteiger partial charge < -0.3 is 10.6 Å². The quantitative estimate of drug-likeness (QED) is 0.765. The Morgan fingerprint density at radius 3 is 2.96 bits per heavy atom. The second-order valence-corrected chi connectivity index (χ2v) is 6.05. The molecule has 1 unspecified atom stereocenters. The van der Waals surface area contributed by atoms with Gasteiger partial charge in [0.15, 0.2) is 0 Å². The molecule has 0 bridgehead atoms. The third-order valence-electron chi connectivity index (χ3n) is 4.41. The molecule has 2 N–H and O–H groups in total. The second kappa shape index (κ2) is 6.01. The van der Waals surface area contributed by atoms with Crippen LogP contribution in [0.15, 0.2) is 36.7 Å². The molecule has 1 aliphatic heterocycles. The molecule has 1 aliphatic rings. The summed E-state index contributed by atoms with van der Waals surface area (Å²) in [5.74, 6) is 0.632. The molecule has 7 nitrogen and oxygen atoms in total. The van der Waals surface area contributed by atoms with Crippen LogP contribution in [0.5, 0.6) is 0 Å². The molecule has 122 valence electrons. The maximum Gasteiger partial charge on any atom is 0.229 e. The molecule has 3 heterocycles. The van der Waals surface area contributed by atoms with Crippen molar-refractivity contribution in [3.63, 3.8) is 0 Å². The number of aryl methyl sites for hydroxylation is 1. The molecule has 1 aromatic carbocycles. The number of rotatable bonds is 3. The van der Waals surface area contributed by atoms with Gasteiger partial charge in [-0.05, 0) is 30.5 Å². The lowest BCUT2D eigenvalue weighted by atomic mass is 10.1. The highest BCUT2D eigenvalue weighted by Gasteiger charge is 2.22. The van der Waals surface area contributed by atoms with E-state index in [1.807, 2.05) is 25.2 Å². The van der Waals surface area contributed by atoms with Crippen molar-refractivity contribution < 1.29 is 4.79 Å². The number of pyridine rings is 1. The lowest BCUT2D eigenvalue weighted by Crippen LogP contribution is -2.25. The van der Waals surface area contributed by atoms with Gasteiger partial charge in [-0.2, -0.15) is 0 Å². The minimum absolute atomic E-state index is 0.0225. The van der Waals surface area contributed by atoms with E-state index in [1.54, 1.807) is 17.1 Å². The van der Waals surface area contributed by atoms with Gasteiger partial charge in [-0.25, -0.2) is 9.67 Å². The van der Waals surface area contributed by atoms with Gasteiger partial charge in [-0.1, -0.05) is 17.3 Å². The highest BCUT2D eigenvalue weighted by molar-refractivity contribution is 5.95. The number of hydrogen-bond donors (Lipinski definition) is 2. The summed E-state index contributed by atoms with van der Waals surface area (Å²) in [5.41, 5.74) is 1.97. The predicted molar refractivity (Wildman–Crippen MR) is 91.3 cm³/mol. The fraction of sp³-hybridized carbons (Fsp3) is 0.294. The van der Waals surface area contributed by atoms with Crippen molar-refractivity contribution in [1.82, 2.24) is 25.3 Å². The van der Waals surface area contributed by atoms with Crippen LogP contribution in [-0.4, -0.2) is 39.0 Å². The Kier molecular flexibility index (Phi) is 3.70. The van der Waals surface area contributed by atoms with Gasteiger partial charge in [0, 0.05) is 30.7 Å². The molecule has 2 aromatic heterocycles. The molecular weight excluding hydrogens is 304 g/mol. The van der Waals surface area contributed by atoms with Crippen LogP contribution in [-0.2, 0) is 11.8 Å². The van der Waals surface area contributed by atoms with Crippen molar-refractivity contribution in [2.45, 2.75) is 6.42 Å². The third-order valence-corrected chi connectivity index (χ3v) is 4.41. The van der Waals surface area contributed by atoms with Crippen LogP contribution in [0.25, 0.3) is 22.0 Å². The van der Waals surface area contributed by atoms with Gasteiger partial charge in [-0.3, -0.25) is 4.79 Å². The summed E-state index contributed by atoms with van der Waals surface area (Å²) in [7, 11) is 1.86. The first-order valence-corrected chi connectivity index (χ1v) is 7.97. The van der Waals surface area contributed by atoms with Gasteiger partial charge in [0.2, 0.25) is 5.91 Å². The van der Waals surface area contributed by atoms with E-state index < -0.39 is 0 Å². The average Bonchev–Trinajstić information content (AvgIpc) is 3.25. The van der Waals surface area contributed by atoms with E-state index in [-0.39, 0.29) is 11.8 Å².